The minimum absolute atomic E-state index is 0.155. The third-order valence-electron chi connectivity index (χ3n) is 5.18. The lowest BCUT2D eigenvalue weighted by Gasteiger charge is -2.14. The van der Waals surface area contributed by atoms with Gasteiger partial charge in [0, 0.05) is 35.9 Å². The van der Waals surface area contributed by atoms with Crippen molar-refractivity contribution in [1.29, 1.82) is 0 Å². The first-order valence-corrected chi connectivity index (χ1v) is 11.6. The molecule has 0 unspecified atom stereocenters. The molecule has 0 saturated carbocycles. The van der Waals surface area contributed by atoms with E-state index >= 15 is 0 Å². The Kier molecular flexibility index (Phi) is 10.4. The standard InChI is InChI=1S/C26H33NO3S/c1-6-22-9-11-24(12-10-22)21(5)31-27-17-8-18-30-25-15-13-23(19(3)20(25)4)14-16-26(28)29-7-2/h9-13,15,17H,5-8,14,16,18H2,1-4H3/b27-17-. The van der Waals surface area contributed by atoms with Crippen molar-refractivity contribution >= 4 is 29.0 Å². The van der Waals surface area contributed by atoms with Crippen molar-refractivity contribution in [1.82, 2.24) is 0 Å². The molecular formula is C26H33NO3S. The summed E-state index contributed by atoms with van der Waals surface area (Å²) in [7, 11) is 0. The molecule has 166 valence electrons. The van der Waals surface area contributed by atoms with E-state index in [0.29, 0.717) is 26.1 Å². The fourth-order valence-corrected chi connectivity index (χ4v) is 3.65. The molecule has 0 fully saturated rings. The molecule has 0 radical (unpaired) electrons. The molecule has 0 amide bonds. The zero-order valence-electron chi connectivity index (χ0n) is 19.1. The highest BCUT2D eigenvalue weighted by molar-refractivity contribution is 8.07. The first-order valence-electron chi connectivity index (χ1n) is 10.8. The van der Waals surface area contributed by atoms with Crippen molar-refractivity contribution in [3.05, 3.63) is 70.8 Å². The van der Waals surface area contributed by atoms with Gasteiger partial charge in [0.25, 0.3) is 0 Å². The minimum Gasteiger partial charge on any atom is -0.493 e. The van der Waals surface area contributed by atoms with Crippen molar-refractivity contribution in [2.75, 3.05) is 13.2 Å². The van der Waals surface area contributed by atoms with Crippen LogP contribution in [0.25, 0.3) is 4.91 Å². The number of carbonyl (C=O) groups is 1. The number of ether oxygens (including phenoxy) is 2. The molecule has 0 atom stereocenters. The van der Waals surface area contributed by atoms with Gasteiger partial charge < -0.3 is 9.47 Å². The summed E-state index contributed by atoms with van der Waals surface area (Å²) in [6, 6.07) is 12.5. The molecule has 2 aromatic carbocycles. The Morgan fingerprint density at radius 2 is 1.84 bits per heavy atom. The Labute approximate surface area is 190 Å². The topological polar surface area (TPSA) is 47.9 Å². The Balaban J connectivity index is 1.77. The number of nitrogens with zero attached hydrogens (tertiary/aromatic N) is 1. The average molecular weight is 440 g/mol. The van der Waals surface area contributed by atoms with E-state index in [9.17, 15) is 4.79 Å². The van der Waals surface area contributed by atoms with E-state index in [4.69, 9.17) is 9.47 Å². The smallest absolute Gasteiger partial charge is 0.306 e. The maximum atomic E-state index is 11.6. The van der Waals surface area contributed by atoms with Gasteiger partial charge in [-0.25, -0.2) is 4.40 Å². The van der Waals surface area contributed by atoms with Crippen LogP contribution in [0.1, 0.15) is 54.5 Å². The zero-order chi connectivity index (χ0) is 22.6. The van der Waals surface area contributed by atoms with Crippen LogP contribution in [0, 0.1) is 13.8 Å². The van der Waals surface area contributed by atoms with Gasteiger partial charge in [-0.1, -0.05) is 43.8 Å². The number of carbonyl (C=O) groups excluding carboxylic acids is 1. The maximum Gasteiger partial charge on any atom is 0.306 e. The molecule has 0 heterocycles. The van der Waals surface area contributed by atoms with Gasteiger partial charge >= 0.3 is 5.97 Å². The predicted octanol–water partition coefficient (Wildman–Crippen LogP) is 6.52. The first kappa shape index (κ1) is 24.7. The van der Waals surface area contributed by atoms with Gasteiger partial charge in [-0.05, 0) is 67.5 Å². The third kappa shape index (κ3) is 7.91. The molecule has 0 spiro atoms. The molecule has 0 aliphatic carbocycles. The van der Waals surface area contributed by atoms with Gasteiger partial charge in [0.05, 0.1) is 13.2 Å². The van der Waals surface area contributed by atoms with Crippen LogP contribution in [-0.4, -0.2) is 25.4 Å². The van der Waals surface area contributed by atoms with Gasteiger partial charge in [-0.15, -0.1) is 0 Å². The molecular weight excluding hydrogens is 406 g/mol. The quantitative estimate of drug-likeness (QED) is 0.163. The van der Waals surface area contributed by atoms with E-state index in [-0.39, 0.29) is 5.97 Å². The summed E-state index contributed by atoms with van der Waals surface area (Å²) in [6.45, 7) is 13.2. The lowest BCUT2D eigenvalue weighted by molar-refractivity contribution is -0.143. The Hall–Kier alpha value is -2.53. The predicted molar refractivity (Wildman–Crippen MR) is 132 cm³/mol. The van der Waals surface area contributed by atoms with Gasteiger partial charge in [-0.3, -0.25) is 4.79 Å². The van der Waals surface area contributed by atoms with Crippen LogP contribution in [0.3, 0.4) is 0 Å². The van der Waals surface area contributed by atoms with Gasteiger partial charge in [0.2, 0.25) is 0 Å². The zero-order valence-corrected chi connectivity index (χ0v) is 19.9. The lowest BCUT2D eigenvalue weighted by Crippen LogP contribution is -2.07. The molecule has 0 bridgehead atoms. The van der Waals surface area contributed by atoms with Crippen LogP contribution in [0.4, 0.5) is 0 Å². The highest BCUT2D eigenvalue weighted by Gasteiger charge is 2.10. The third-order valence-corrected chi connectivity index (χ3v) is 5.89. The largest absolute Gasteiger partial charge is 0.493 e. The molecule has 2 aromatic rings. The summed E-state index contributed by atoms with van der Waals surface area (Å²) in [4.78, 5) is 12.5. The molecule has 31 heavy (non-hydrogen) atoms. The van der Waals surface area contributed by atoms with Crippen LogP contribution in [0.5, 0.6) is 5.75 Å². The molecule has 0 aliphatic heterocycles. The van der Waals surface area contributed by atoms with Crippen LogP contribution < -0.4 is 4.74 Å². The van der Waals surface area contributed by atoms with E-state index < -0.39 is 0 Å². The second-order valence-corrected chi connectivity index (χ2v) is 8.15. The van der Waals surface area contributed by atoms with E-state index in [0.717, 1.165) is 45.8 Å². The second kappa shape index (κ2) is 13.0. The van der Waals surface area contributed by atoms with Gasteiger partial charge in [0.15, 0.2) is 0 Å². The SMILES string of the molecule is C=C(S/N=C\CCOc1ccc(CCC(=O)OCC)c(C)c1C)c1ccc(CC)cc1. The number of rotatable bonds is 12. The molecule has 0 aromatic heterocycles. The molecule has 2 rings (SSSR count). The van der Waals surface area contributed by atoms with Crippen LogP contribution >= 0.6 is 11.9 Å². The van der Waals surface area contributed by atoms with Crippen molar-refractivity contribution in [2.24, 2.45) is 4.40 Å². The van der Waals surface area contributed by atoms with Crippen molar-refractivity contribution < 1.29 is 14.3 Å². The fourth-order valence-electron chi connectivity index (χ4n) is 3.10. The normalized spacial score (nSPS) is 11.0. The van der Waals surface area contributed by atoms with E-state index in [1.54, 1.807) is 0 Å². The Bertz CT molecular complexity index is 904. The summed E-state index contributed by atoms with van der Waals surface area (Å²) in [5.41, 5.74) is 5.85. The van der Waals surface area contributed by atoms with Crippen LogP contribution in [0.15, 0.2) is 47.4 Å². The maximum absolute atomic E-state index is 11.6. The van der Waals surface area contributed by atoms with E-state index in [2.05, 4.69) is 56.0 Å². The molecule has 0 N–H and O–H groups in total. The second-order valence-electron chi connectivity index (χ2n) is 7.27. The Morgan fingerprint density at radius 1 is 1.10 bits per heavy atom. The average Bonchev–Trinajstić information content (AvgIpc) is 2.78. The van der Waals surface area contributed by atoms with Crippen molar-refractivity contribution in [3.8, 4) is 5.75 Å². The van der Waals surface area contributed by atoms with Crippen LogP contribution in [-0.2, 0) is 22.4 Å². The van der Waals surface area contributed by atoms with E-state index in [1.807, 2.05) is 25.3 Å². The highest BCUT2D eigenvalue weighted by Crippen LogP contribution is 2.27. The molecule has 0 aliphatic rings. The molecule has 5 heteroatoms. The van der Waals surface area contributed by atoms with Crippen molar-refractivity contribution in [2.45, 2.75) is 53.4 Å². The first-order chi connectivity index (χ1) is 15.0. The van der Waals surface area contributed by atoms with Gasteiger partial charge in [0.1, 0.15) is 5.75 Å². The highest BCUT2D eigenvalue weighted by atomic mass is 32.2. The summed E-state index contributed by atoms with van der Waals surface area (Å²) < 4.78 is 15.3. The minimum atomic E-state index is -0.155. The van der Waals surface area contributed by atoms with Crippen molar-refractivity contribution in [3.63, 3.8) is 0 Å². The lowest BCUT2D eigenvalue weighted by atomic mass is 9.99. The van der Waals surface area contributed by atoms with E-state index in [1.165, 1.54) is 17.5 Å². The van der Waals surface area contributed by atoms with Gasteiger partial charge in [-0.2, -0.15) is 0 Å². The Morgan fingerprint density at radius 3 is 2.52 bits per heavy atom. The number of aryl methyl sites for hydroxylation is 2. The summed E-state index contributed by atoms with van der Waals surface area (Å²) in [6.07, 6.45) is 4.70. The number of esters is 1. The fraction of sp³-hybridized carbons (Fsp3) is 0.385. The number of hydrogen-bond donors (Lipinski definition) is 0. The summed E-state index contributed by atoms with van der Waals surface area (Å²) in [5.74, 6) is 0.719. The number of benzene rings is 2. The summed E-state index contributed by atoms with van der Waals surface area (Å²) >= 11 is 1.39. The van der Waals surface area contributed by atoms with Crippen LogP contribution in [0.2, 0.25) is 0 Å². The molecule has 4 nitrogen and oxygen atoms in total. The number of hydrogen-bond acceptors (Lipinski definition) is 5. The summed E-state index contributed by atoms with van der Waals surface area (Å²) in [5, 5.41) is 0. The monoisotopic (exact) mass is 439 g/mol. The molecule has 0 saturated heterocycles.